The minimum Gasteiger partial charge on any atom is -0.366 e. The first kappa shape index (κ1) is 12.1. The fourth-order valence-electron chi connectivity index (χ4n) is 1.76. The average molecular weight is 247 g/mol. The lowest BCUT2D eigenvalue weighted by molar-refractivity contribution is -0.122. The van der Waals surface area contributed by atoms with Gasteiger partial charge in [0.05, 0.1) is 0 Å². The molecule has 0 spiro atoms. The zero-order valence-corrected chi connectivity index (χ0v) is 9.60. The third-order valence-corrected chi connectivity index (χ3v) is 2.75. The summed E-state index contributed by atoms with van der Waals surface area (Å²) in [4.78, 5) is 33.6. The predicted molar refractivity (Wildman–Crippen MR) is 64.8 cm³/mol. The van der Waals surface area contributed by atoms with E-state index in [1.807, 2.05) is 0 Å². The van der Waals surface area contributed by atoms with E-state index in [9.17, 15) is 14.4 Å². The molecule has 0 aliphatic carbocycles. The van der Waals surface area contributed by atoms with Gasteiger partial charge in [-0.25, -0.2) is 0 Å². The Kier molecular flexibility index (Phi) is 3.27. The largest absolute Gasteiger partial charge is 0.366 e. The van der Waals surface area contributed by atoms with Crippen molar-refractivity contribution in [1.82, 2.24) is 5.32 Å². The van der Waals surface area contributed by atoms with E-state index in [0.29, 0.717) is 24.1 Å². The second-order valence-electron chi connectivity index (χ2n) is 4.09. The van der Waals surface area contributed by atoms with Crippen LogP contribution in [0.3, 0.4) is 0 Å². The van der Waals surface area contributed by atoms with Crippen LogP contribution in [0, 0.1) is 0 Å². The van der Waals surface area contributed by atoms with Gasteiger partial charge in [0, 0.05) is 17.7 Å². The molecule has 1 aliphatic rings. The maximum Gasteiger partial charge on any atom is 0.248 e. The summed E-state index contributed by atoms with van der Waals surface area (Å²) in [5, 5.41) is 5.24. The molecule has 1 atom stereocenters. The summed E-state index contributed by atoms with van der Waals surface area (Å²) < 4.78 is 0. The number of carbonyl (C=O) groups is 3. The highest BCUT2D eigenvalue weighted by Gasteiger charge is 2.26. The number of benzene rings is 1. The third-order valence-electron chi connectivity index (χ3n) is 2.75. The van der Waals surface area contributed by atoms with Crippen LogP contribution in [0.25, 0.3) is 0 Å². The molecule has 1 aromatic rings. The molecule has 4 N–H and O–H groups in total. The number of amides is 3. The Morgan fingerprint density at radius 2 is 1.94 bits per heavy atom. The third kappa shape index (κ3) is 2.65. The molecule has 1 heterocycles. The van der Waals surface area contributed by atoms with E-state index >= 15 is 0 Å². The summed E-state index contributed by atoms with van der Waals surface area (Å²) in [6, 6.07) is 5.77. The SMILES string of the molecule is NC(=O)c1ccc(NC(=O)C2CCC(=O)N2)cc1. The van der Waals surface area contributed by atoms with Crippen molar-refractivity contribution in [2.24, 2.45) is 5.73 Å². The van der Waals surface area contributed by atoms with Crippen molar-refractivity contribution < 1.29 is 14.4 Å². The minimum absolute atomic E-state index is 0.112. The van der Waals surface area contributed by atoms with Crippen LogP contribution in [0.1, 0.15) is 23.2 Å². The topological polar surface area (TPSA) is 101 Å². The van der Waals surface area contributed by atoms with Crippen molar-refractivity contribution in [2.75, 3.05) is 5.32 Å². The van der Waals surface area contributed by atoms with Crippen molar-refractivity contribution in [3.8, 4) is 0 Å². The highest BCUT2D eigenvalue weighted by atomic mass is 16.2. The average Bonchev–Trinajstić information content (AvgIpc) is 2.76. The van der Waals surface area contributed by atoms with E-state index in [2.05, 4.69) is 10.6 Å². The van der Waals surface area contributed by atoms with Gasteiger partial charge in [-0.2, -0.15) is 0 Å². The van der Waals surface area contributed by atoms with Crippen LogP contribution < -0.4 is 16.4 Å². The van der Waals surface area contributed by atoms with Crippen molar-refractivity contribution in [3.05, 3.63) is 29.8 Å². The van der Waals surface area contributed by atoms with Crippen LogP contribution >= 0.6 is 0 Å². The summed E-state index contributed by atoms with van der Waals surface area (Å²) in [7, 11) is 0. The Morgan fingerprint density at radius 1 is 1.28 bits per heavy atom. The van der Waals surface area contributed by atoms with Gasteiger partial charge in [-0.1, -0.05) is 0 Å². The van der Waals surface area contributed by atoms with Crippen molar-refractivity contribution in [1.29, 1.82) is 0 Å². The lowest BCUT2D eigenvalue weighted by atomic mass is 10.2. The van der Waals surface area contributed by atoms with Gasteiger partial charge in [0.15, 0.2) is 0 Å². The molecule has 6 nitrogen and oxygen atoms in total. The molecule has 2 rings (SSSR count). The zero-order valence-electron chi connectivity index (χ0n) is 9.60. The molecule has 0 aromatic heterocycles. The van der Waals surface area contributed by atoms with Gasteiger partial charge in [-0.15, -0.1) is 0 Å². The summed E-state index contributed by atoms with van der Waals surface area (Å²) in [5.41, 5.74) is 6.04. The first-order chi connectivity index (χ1) is 8.56. The highest BCUT2D eigenvalue weighted by molar-refractivity contribution is 5.99. The molecular weight excluding hydrogens is 234 g/mol. The Balaban J connectivity index is 1.99. The normalized spacial score (nSPS) is 18.2. The minimum atomic E-state index is -0.518. The molecule has 1 fully saturated rings. The van der Waals surface area contributed by atoms with Crippen LogP contribution in [0.15, 0.2) is 24.3 Å². The van der Waals surface area contributed by atoms with Crippen molar-refractivity contribution in [2.45, 2.75) is 18.9 Å². The number of carbonyl (C=O) groups excluding carboxylic acids is 3. The quantitative estimate of drug-likeness (QED) is 0.700. The fourth-order valence-corrected chi connectivity index (χ4v) is 1.76. The first-order valence-electron chi connectivity index (χ1n) is 5.56. The second-order valence-corrected chi connectivity index (χ2v) is 4.09. The van der Waals surface area contributed by atoms with E-state index in [1.54, 1.807) is 12.1 Å². The molecule has 18 heavy (non-hydrogen) atoms. The van der Waals surface area contributed by atoms with Crippen LogP contribution in [0.5, 0.6) is 0 Å². The van der Waals surface area contributed by atoms with Crippen molar-refractivity contribution >= 4 is 23.4 Å². The smallest absolute Gasteiger partial charge is 0.248 e. The molecule has 1 unspecified atom stereocenters. The molecule has 0 saturated carbocycles. The Hall–Kier alpha value is -2.37. The summed E-state index contributed by atoms with van der Waals surface area (Å²) in [5.74, 6) is -0.886. The van der Waals surface area contributed by atoms with Gasteiger partial charge in [-0.3, -0.25) is 14.4 Å². The summed E-state index contributed by atoms with van der Waals surface area (Å²) in [6.45, 7) is 0. The predicted octanol–water partition coefficient (Wildman–Crippen LogP) is 0.00260. The number of primary amides is 1. The maximum atomic E-state index is 11.8. The zero-order chi connectivity index (χ0) is 13.1. The highest BCUT2D eigenvalue weighted by Crippen LogP contribution is 2.12. The number of nitrogens with one attached hydrogen (secondary N) is 2. The van der Waals surface area contributed by atoms with Gasteiger partial charge >= 0.3 is 0 Å². The van der Waals surface area contributed by atoms with Crippen LogP contribution in [-0.4, -0.2) is 23.8 Å². The second kappa shape index (κ2) is 4.87. The number of rotatable bonds is 3. The molecule has 1 aromatic carbocycles. The number of hydrogen-bond acceptors (Lipinski definition) is 3. The molecule has 0 radical (unpaired) electrons. The Morgan fingerprint density at radius 3 is 2.44 bits per heavy atom. The van der Waals surface area contributed by atoms with Gasteiger partial charge in [-0.05, 0) is 30.7 Å². The molecule has 0 bridgehead atoms. The van der Waals surface area contributed by atoms with Crippen LogP contribution in [-0.2, 0) is 9.59 Å². The lowest BCUT2D eigenvalue weighted by Gasteiger charge is -2.10. The van der Waals surface area contributed by atoms with E-state index in [1.165, 1.54) is 12.1 Å². The lowest BCUT2D eigenvalue weighted by Crippen LogP contribution is -2.37. The number of anilines is 1. The molecule has 1 saturated heterocycles. The van der Waals surface area contributed by atoms with E-state index in [0.717, 1.165) is 0 Å². The van der Waals surface area contributed by atoms with Crippen molar-refractivity contribution in [3.63, 3.8) is 0 Å². The van der Waals surface area contributed by atoms with Gasteiger partial charge in [0.1, 0.15) is 6.04 Å². The Bertz CT molecular complexity index is 496. The number of nitrogens with two attached hydrogens (primary N) is 1. The standard InChI is InChI=1S/C12H13N3O3/c13-11(17)7-1-3-8(4-2-7)14-12(18)9-5-6-10(16)15-9/h1-4,9H,5-6H2,(H2,13,17)(H,14,18)(H,15,16). The van der Waals surface area contributed by atoms with E-state index in [-0.39, 0.29) is 11.8 Å². The van der Waals surface area contributed by atoms with E-state index < -0.39 is 11.9 Å². The van der Waals surface area contributed by atoms with Gasteiger partial charge < -0.3 is 16.4 Å². The summed E-state index contributed by atoms with van der Waals surface area (Å²) in [6.07, 6.45) is 0.878. The monoisotopic (exact) mass is 247 g/mol. The summed E-state index contributed by atoms with van der Waals surface area (Å²) >= 11 is 0. The fraction of sp³-hybridized carbons (Fsp3) is 0.250. The first-order valence-corrected chi connectivity index (χ1v) is 5.56. The van der Waals surface area contributed by atoms with E-state index in [4.69, 9.17) is 5.73 Å². The Labute approximate surface area is 104 Å². The molecule has 1 aliphatic heterocycles. The van der Waals surface area contributed by atoms with Crippen LogP contribution in [0.4, 0.5) is 5.69 Å². The molecule has 94 valence electrons. The molecular formula is C12H13N3O3. The van der Waals surface area contributed by atoms with Gasteiger partial charge in [0.25, 0.3) is 0 Å². The number of hydrogen-bond donors (Lipinski definition) is 3. The van der Waals surface area contributed by atoms with Crippen LogP contribution in [0.2, 0.25) is 0 Å². The molecule has 6 heteroatoms. The molecule has 3 amide bonds. The van der Waals surface area contributed by atoms with Gasteiger partial charge in [0.2, 0.25) is 17.7 Å². The maximum absolute atomic E-state index is 11.8.